The van der Waals surface area contributed by atoms with Crippen LogP contribution in [0.3, 0.4) is 0 Å². The molecule has 1 fully saturated rings. The highest BCUT2D eigenvalue weighted by Crippen LogP contribution is 2.37. The van der Waals surface area contributed by atoms with Gasteiger partial charge in [-0.15, -0.1) is 0 Å². The Hall–Kier alpha value is -2.53. The van der Waals surface area contributed by atoms with Crippen LogP contribution in [0.25, 0.3) is 22.0 Å². The maximum Gasteiger partial charge on any atom is 0.126 e. The molecular formula is C20H22N4O. The van der Waals surface area contributed by atoms with Crippen molar-refractivity contribution in [2.75, 3.05) is 12.4 Å². The quantitative estimate of drug-likeness (QED) is 0.741. The standard InChI is InChI=1S/C20H22N4O/c1-12-5-18(19(25)6-13-3-4-13)23-11-16(12)17-7-14-10-24-20(21-2)8-15(14)9-22-17/h5,7-11,13,19,25H,3-4,6H2,1-2H3,(H,21,24)/t19-/m0/s1. The van der Waals surface area contributed by atoms with E-state index in [4.69, 9.17) is 0 Å². The van der Waals surface area contributed by atoms with E-state index in [2.05, 4.69) is 20.3 Å². The second kappa shape index (κ2) is 6.41. The Morgan fingerprint density at radius 2 is 1.84 bits per heavy atom. The summed E-state index contributed by atoms with van der Waals surface area (Å²) in [5.41, 5.74) is 3.70. The van der Waals surface area contributed by atoms with Gasteiger partial charge in [0.1, 0.15) is 5.82 Å². The maximum absolute atomic E-state index is 10.3. The van der Waals surface area contributed by atoms with Gasteiger partial charge in [0.25, 0.3) is 0 Å². The Kier molecular flexibility index (Phi) is 4.09. The number of anilines is 1. The Bertz CT molecular complexity index is 921. The highest BCUT2D eigenvalue weighted by atomic mass is 16.3. The van der Waals surface area contributed by atoms with Gasteiger partial charge in [0.05, 0.1) is 17.5 Å². The van der Waals surface area contributed by atoms with E-state index in [9.17, 15) is 5.11 Å². The van der Waals surface area contributed by atoms with Crippen molar-refractivity contribution < 1.29 is 5.11 Å². The van der Waals surface area contributed by atoms with Crippen molar-refractivity contribution in [1.82, 2.24) is 15.0 Å². The second-order valence-electron chi connectivity index (χ2n) is 6.86. The average Bonchev–Trinajstić information content (AvgIpc) is 3.44. The topological polar surface area (TPSA) is 70.9 Å². The molecule has 0 spiro atoms. The molecule has 5 nitrogen and oxygen atoms in total. The van der Waals surface area contributed by atoms with Gasteiger partial charge in [-0.25, -0.2) is 4.98 Å². The SMILES string of the molecule is CNc1cc2cnc(-c3cnc([C@@H](O)CC4CC4)cc3C)cc2cn1. The van der Waals surface area contributed by atoms with Gasteiger partial charge in [-0.3, -0.25) is 9.97 Å². The lowest BCUT2D eigenvalue weighted by Gasteiger charge is -2.12. The van der Waals surface area contributed by atoms with Crippen molar-refractivity contribution in [2.45, 2.75) is 32.3 Å². The van der Waals surface area contributed by atoms with Crippen LogP contribution in [0.15, 0.2) is 36.8 Å². The van der Waals surface area contributed by atoms with Gasteiger partial charge in [-0.2, -0.15) is 0 Å². The number of hydrogen-bond donors (Lipinski definition) is 2. The molecule has 128 valence electrons. The summed E-state index contributed by atoms with van der Waals surface area (Å²) in [5, 5.41) is 15.4. The summed E-state index contributed by atoms with van der Waals surface area (Å²) >= 11 is 0. The summed E-state index contributed by atoms with van der Waals surface area (Å²) in [4.78, 5) is 13.4. The zero-order valence-electron chi connectivity index (χ0n) is 14.5. The van der Waals surface area contributed by atoms with Crippen molar-refractivity contribution in [3.63, 3.8) is 0 Å². The number of fused-ring (bicyclic) bond motifs is 1. The van der Waals surface area contributed by atoms with E-state index in [0.29, 0.717) is 5.92 Å². The summed E-state index contributed by atoms with van der Waals surface area (Å²) < 4.78 is 0. The normalized spacial score (nSPS) is 15.3. The van der Waals surface area contributed by atoms with Crippen LogP contribution in [0.2, 0.25) is 0 Å². The highest BCUT2D eigenvalue weighted by Gasteiger charge is 2.26. The van der Waals surface area contributed by atoms with Crippen LogP contribution in [0.1, 0.15) is 36.6 Å². The summed E-state index contributed by atoms with van der Waals surface area (Å²) in [6.07, 6.45) is 8.36. The summed E-state index contributed by atoms with van der Waals surface area (Å²) in [6, 6.07) is 6.00. The van der Waals surface area contributed by atoms with Gasteiger partial charge in [-0.05, 0) is 43.0 Å². The van der Waals surface area contributed by atoms with Crippen molar-refractivity contribution in [1.29, 1.82) is 0 Å². The minimum atomic E-state index is -0.464. The van der Waals surface area contributed by atoms with E-state index in [-0.39, 0.29) is 0 Å². The first-order chi connectivity index (χ1) is 12.1. The molecule has 0 bridgehead atoms. The molecule has 25 heavy (non-hydrogen) atoms. The summed E-state index contributed by atoms with van der Waals surface area (Å²) in [7, 11) is 1.85. The first-order valence-electron chi connectivity index (χ1n) is 8.72. The molecule has 0 aromatic carbocycles. The maximum atomic E-state index is 10.3. The zero-order chi connectivity index (χ0) is 17.4. The molecule has 1 aliphatic rings. The average molecular weight is 334 g/mol. The monoisotopic (exact) mass is 334 g/mol. The Balaban J connectivity index is 1.65. The molecule has 0 aliphatic heterocycles. The van der Waals surface area contributed by atoms with Crippen molar-refractivity contribution in [3.8, 4) is 11.3 Å². The molecule has 5 heteroatoms. The number of aliphatic hydroxyl groups excluding tert-OH is 1. The first-order valence-corrected chi connectivity index (χ1v) is 8.72. The summed E-state index contributed by atoms with van der Waals surface area (Å²) in [6.45, 7) is 2.04. The number of aromatic nitrogens is 3. The molecule has 1 atom stereocenters. The number of aryl methyl sites for hydroxylation is 1. The lowest BCUT2D eigenvalue weighted by atomic mass is 10.0. The molecule has 0 saturated heterocycles. The van der Waals surface area contributed by atoms with Gasteiger partial charge < -0.3 is 10.4 Å². The van der Waals surface area contributed by atoms with Gasteiger partial charge in [0, 0.05) is 42.0 Å². The first kappa shape index (κ1) is 16.0. The van der Waals surface area contributed by atoms with E-state index in [1.54, 1.807) is 0 Å². The number of rotatable bonds is 5. The fourth-order valence-corrected chi connectivity index (χ4v) is 3.14. The minimum Gasteiger partial charge on any atom is -0.387 e. The zero-order valence-corrected chi connectivity index (χ0v) is 14.5. The molecule has 3 heterocycles. The van der Waals surface area contributed by atoms with Crippen molar-refractivity contribution in [3.05, 3.63) is 48.0 Å². The molecule has 1 saturated carbocycles. The molecular weight excluding hydrogens is 312 g/mol. The largest absolute Gasteiger partial charge is 0.387 e. The van der Waals surface area contributed by atoms with E-state index >= 15 is 0 Å². The fourth-order valence-electron chi connectivity index (χ4n) is 3.14. The van der Waals surface area contributed by atoms with E-state index in [1.165, 1.54) is 12.8 Å². The molecule has 0 unspecified atom stereocenters. The van der Waals surface area contributed by atoms with Crippen LogP contribution >= 0.6 is 0 Å². The van der Waals surface area contributed by atoms with Crippen molar-refractivity contribution >= 4 is 16.6 Å². The number of pyridine rings is 3. The van der Waals surface area contributed by atoms with E-state index < -0.39 is 6.10 Å². The van der Waals surface area contributed by atoms with Crippen LogP contribution in [0, 0.1) is 12.8 Å². The Morgan fingerprint density at radius 3 is 2.56 bits per heavy atom. The van der Waals surface area contributed by atoms with Crippen LogP contribution in [-0.2, 0) is 0 Å². The molecule has 3 aromatic rings. The highest BCUT2D eigenvalue weighted by molar-refractivity contribution is 5.86. The second-order valence-corrected chi connectivity index (χ2v) is 6.86. The van der Waals surface area contributed by atoms with Crippen LogP contribution < -0.4 is 5.32 Å². The molecule has 3 aromatic heterocycles. The van der Waals surface area contributed by atoms with Gasteiger partial charge in [0.2, 0.25) is 0 Å². The number of nitrogens with zero attached hydrogens (tertiary/aromatic N) is 3. The van der Waals surface area contributed by atoms with Crippen LogP contribution in [0.5, 0.6) is 0 Å². The van der Waals surface area contributed by atoms with E-state index in [0.717, 1.165) is 45.5 Å². The van der Waals surface area contributed by atoms with E-state index in [1.807, 2.05) is 50.8 Å². The minimum absolute atomic E-state index is 0.464. The number of aliphatic hydroxyl groups is 1. The third-order valence-corrected chi connectivity index (χ3v) is 4.86. The molecule has 4 rings (SSSR count). The van der Waals surface area contributed by atoms with Crippen molar-refractivity contribution in [2.24, 2.45) is 5.92 Å². The molecule has 0 radical (unpaired) electrons. The third-order valence-electron chi connectivity index (χ3n) is 4.86. The Morgan fingerprint density at radius 1 is 1.08 bits per heavy atom. The lowest BCUT2D eigenvalue weighted by molar-refractivity contribution is 0.155. The predicted octanol–water partition coefficient (Wildman–Crippen LogP) is 3.88. The fraction of sp³-hybridized carbons (Fsp3) is 0.350. The summed E-state index contributed by atoms with van der Waals surface area (Å²) in [5.74, 6) is 1.50. The van der Waals surface area contributed by atoms with Crippen LogP contribution in [-0.4, -0.2) is 27.1 Å². The Labute approximate surface area is 147 Å². The van der Waals surface area contributed by atoms with Crippen LogP contribution in [0.4, 0.5) is 5.82 Å². The smallest absolute Gasteiger partial charge is 0.126 e. The predicted molar refractivity (Wildman–Crippen MR) is 99.4 cm³/mol. The molecule has 2 N–H and O–H groups in total. The number of nitrogens with one attached hydrogen (secondary N) is 1. The lowest BCUT2D eigenvalue weighted by Crippen LogP contribution is -2.03. The molecule has 1 aliphatic carbocycles. The molecule has 0 amide bonds. The van der Waals surface area contributed by atoms with Gasteiger partial charge in [0.15, 0.2) is 0 Å². The number of hydrogen-bond acceptors (Lipinski definition) is 5. The van der Waals surface area contributed by atoms with Gasteiger partial charge in [-0.1, -0.05) is 12.8 Å². The third kappa shape index (κ3) is 3.33. The van der Waals surface area contributed by atoms with Gasteiger partial charge >= 0.3 is 0 Å².